The number of nitrogens with zero attached hydrogens (tertiary/aromatic N) is 2. The van der Waals surface area contributed by atoms with Crippen LogP contribution in [0.3, 0.4) is 0 Å². The Bertz CT molecular complexity index is 728. The molecule has 0 spiro atoms. The van der Waals surface area contributed by atoms with Gasteiger partial charge in [0.1, 0.15) is 5.75 Å². The number of aromatic nitrogens is 1. The zero-order chi connectivity index (χ0) is 14.3. The Morgan fingerprint density at radius 1 is 1.50 bits per heavy atom. The van der Waals surface area contributed by atoms with E-state index in [1.165, 1.54) is 12.6 Å². The van der Waals surface area contributed by atoms with Crippen molar-refractivity contribution < 1.29 is 9.66 Å². The second-order valence-electron chi connectivity index (χ2n) is 5.04. The van der Waals surface area contributed by atoms with E-state index in [0.717, 1.165) is 41.6 Å². The van der Waals surface area contributed by atoms with Gasteiger partial charge in [0.15, 0.2) is 0 Å². The van der Waals surface area contributed by atoms with E-state index in [4.69, 9.17) is 4.74 Å². The fourth-order valence-electron chi connectivity index (χ4n) is 2.89. The number of benzene rings is 1. The number of ether oxygens (including phenoxy) is 1. The van der Waals surface area contributed by atoms with Crippen molar-refractivity contribution in [2.45, 2.75) is 26.3 Å². The van der Waals surface area contributed by atoms with E-state index in [0.29, 0.717) is 0 Å². The highest BCUT2D eigenvalue weighted by atomic mass is 16.6. The molecule has 5 nitrogen and oxygen atoms in total. The van der Waals surface area contributed by atoms with E-state index in [1.54, 1.807) is 13.2 Å². The van der Waals surface area contributed by atoms with Crippen LogP contribution in [-0.2, 0) is 13.0 Å². The molecule has 0 bridgehead atoms. The molecule has 0 atom stereocenters. The Labute approximate surface area is 116 Å². The predicted octanol–water partition coefficient (Wildman–Crippen LogP) is 3.23. The Morgan fingerprint density at radius 3 is 3.00 bits per heavy atom. The number of nitro groups is 1. The molecule has 1 aromatic heterocycles. The van der Waals surface area contributed by atoms with Crippen molar-refractivity contribution >= 4 is 17.0 Å². The number of rotatable bonds is 3. The smallest absolute Gasteiger partial charge is 0.243 e. The van der Waals surface area contributed by atoms with E-state index >= 15 is 0 Å². The maximum Gasteiger partial charge on any atom is 0.243 e. The molecular formula is C15H16N2O3. The van der Waals surface area contributed by atoms with E-state index < -0.39 is 0 Å². The summed E-state index contributed by atoms with van der Waals surface area (Å²) in [6.45, 7) is 2.51. The number of hydrogen-bond acceptors (Lipinski definition) is 3. The molecule has 0 fully saturated rings. The first-order chi connectivity index (χ1) is 9.61. The van der Waals surface area contributed by atoms with Gasteiger partial charge in [0.05, 0.1) is 12.0 Å². The minimum absolute atomic E-state index is 0.162. The maximum atomic E-state index is 10.9. The molecule has 0 saturated carbocycles. The summed E-state index contributed by atoms with van der Waals surface area (Å²) < 4.78 is 7.52. The van der Waals surface area contributed by atoms with Crippen molar-refractivity contribution in [3.63, 3.8) is 0 Å². The quantitative estimate of drug-likeness (QED) is 0.636. The van der Waals surface area contributed by atoms with Crippen LogP contribution in [0.5, 0.6) is 5.75 Å². The van der Waals surface area contributed by atoms with Gasteiger partial charge in [-0.2, -0.15) is 0 Å². The van der Waals surface area contributed by atoms with Crippen molar-refractivity contribution in [3.05, 3.63) is 45.3 Å². The van der Waals surface area contributed by atoms with Crippen LogP contribution in [0.2, 0.25) is 0 Å². The lowest BCUT2D eigenvalue weighted by atomic mass is 10.1. The lowest BCUT2D eigenvalue weighted by Gasteiger charge is -2.02. The molecule has 1 aliphatic heterocycles. The van der Waals surface area contributed by atoms with Gasteiger partial charge >= 0.3 is 0 Å². The van der Waals surface area contributed by atoms with Crippen LogP contribution in [0.1, 0.15) is 24.6 Å². The van der Waals surface area contributed by atoms with E-state index in [-0.39, 0.29) is 10.6 Å². The molecule has 20 heavy (non-hydrogen) atoms. The van der Waals surface area contributed by atoms with E-state index in [2.05, 4.69) is 4.57 Å². The first-order valence-electron chi connectivity index (χ1n) is 6.63. The van der Waals surface area contributed by atoms with Gasteiger partial charge in [-0.15, -0.1) is 0 Å². The fraction of sp³-hybridized carbons (Fsp3) is 0.333. The Hall–Kier alpha value is -2.30. The standard InChI is InChI=1S/C15H16N2O3/c1-10(17(18)19)8-12-13-9-11(20-2)5-6-15(13)16-7-3-4-14(12)16/h5-6,8-9H,3-4,7H2,1-2H3/b10-8-. The Kier molecular flexibility index (Phi) is 2.97. The number of allylic oxidation sites excluding steroid dienone is 1. The topological polar surface area (TPSA) is 57.3 Å². The Balaban J connectivity index is 2.28. The second-order valence-corrected chi connectivity index (χ2v) is 5.04. The number of hydrogen-bond donors (Lipinski definition) is 0. The van der Waals surface area contributed by atoms with Gasteiger partial charge in [-0.25, -0.2) is 0 Å². The molecule has 3 rings (SSSR count). The second kappa shape index (κ2) is 4.67. The van der Waals surface area contributed by atoms with Gasteiger partial charge in [0.2, 0.25) is 5.70 Å². The molecular weight excluding hydrogens is 256 g/mol. The predicted molar refractivity (Wildman–Crippen MR) is 77.5 cm³/mol. The largest absolute Gasteiger partial charge is 0.497 e. The molecule has 0 radical (unpaired) electrons. The normalized spacial score (nSPS) is 14.6. The minimum atomic E-state index is -0.342. The summed E-state index contributed by atoms with van der Waals surface area (Å²) >= 11 is 0. The first-order valence-corrected chi connectivity index (χ1v) is 6.63. The molecule has 0 unspecified atom stereocenters. The fourth-order valence-corrected chi connectivity index (χ4v) is 2.89. The third-order valence-electron chi connectivity index (χ3n) is 3.86. The van der Waals surface area contributed by atoms with Gasteiger partial charge in [-0.3, -0.25) is 10.1 Å². The van der Waals surface area contributed by atoms with Crippen LogP contribution < -0.4 is 4.74 Å². The lowest BCUT2D eigenvalue weighted by molar-refractivity contribution is -0.422. The van der Waals surface area contributed by atoms with Gasteiger partial charge < -0.3 is 9.30 Å². The molecule has 2 aromatic rings. The van der Waals surface area contributed by atoms with Crippen molar-refractivity contribution in [2.75, 3.05) is 7.11 Å². The zero-order valence-corrected chi connectivity index (χ0v) is 11.5. The molecule has 2 heterocycles. The van der Waals surface area contributed by atoms with Crippen LogP contribution in [0.15, 0.2) is 23.9 Å². The molecule has 0 amide bonds. The van der Waals surface area contributed by atoms with Gasteiger partial charge in [-0.05, 0) is 31.0 Å². The minimum Gasteiger partial charge on any atom is -0.497 e. The number of fused-ring (bicyclic) bond motifs is 3. The van der Waals surface area contributed by atoms with Gasteiger partial charge in [0.25, 0.3) is 0 Å². The average Bonchev–Trinajstić information content (AvgIpc) is 3.01. The average molecular weight is 272 g/mol. The number of aryl methyl sites for hydroxylation is 1. The molecule has 5 heteroatoms. The monoisotopic (exact) mass is 272 g/mol. The zero-order valence-electron chi connectivity index (χ0n) is 11.5. The van der Waals surface area contributed by atoms with Crippen molar-refractivity contribution in [3.8, 4) is 5.75 Å². The SMILES string of the molecule is COc1ccc2c(c1)c(/C=C(/C)[N+](=O)[O-])c1n2CCC1. The number of methoxy groups -OCH3 is 1. The molecule has 0 N–H and O–H groups in total. The van der Waals surface area contributed by atoms with Crippen LogP contribution in [0.25, 0.3) is 17.0 Å². The summed E-state index contributed by atoms with van der Waals surface area (Å²) in [5.41, 5.74) is 3.44. The summed E-state index contributed by atoms with van der Waals surface area (Å²) in [7, 11) is 1.63. The molecule has 104 valence electrons. The molecule has 0 aliphatic carbocycles. The highest BCUT2D eigenvalue weighted by Gasteiger charge is 2.21. The highest BCUT2D eigenvalue weighted by molar-refractivity contribution is 5.92. The third kappa shape index (κ3) is 1.86. The summed E-state index contributed by atoms with van der Waals surface area (Å²) in [6, 6.07) is 5.92. The summed E-state index contributed by atoms with van der Waals surface area (Å²) in [4.78, 5) is 10.5. The highest BCUT2D eigenvalue weighted by Crippen LogP contribution is 2.35. The maximum absolute atomic E-state index is 10.9. The van der Waals surface area contributed by atoms with Gasteiger partial charge in [-0.1, -0.05) is 0 Å². The summed E-state index contributed by atoms with van der Waals surface area (Å²) in [5.74, 6) is 0.773. The third-order valence-corrected chi connectivity index (χ3v) is 3.86. The van der Waals surface area contributed by atoms with Crippen LogP contribution in [-0.4, -0.2) is 16.6 Å². The lowest BCUT2D eigenvalue weighted by Crippen LogP contribution is -1.94. The van der Waals surface area contributed by atoms with E-state index in [9.17, 15) is 10.1 Å². The Morgan fingerprint density at radius 2 is 2.30 bits per heavy atom. The molecule has 1 aliphatic rings. The van der Waals surface area contributed by atoms with Crippen LogP contribution in [0.4, 0.5) is 0 Å². The summed E-state index contributed by atoms with van der Waals surface area (Å²) in [6.07, 6.45) is 3.74. The van der Waals surface area contributed by atoms with Crippen LogP contribution in [0, 0.1) is 10.1 Å². The molecule has 0 saturated heterocycles. The van der Waals surface area contributed by atoms with Crippen molar-refractivity contribution in [1.29, 1.82) is 0 Å². The van der Waals surface area contributed by atoms with Gasteiger partial charge in [0, 0.05) is 41.7 Å². The molecule has 1 aromatic carbocycles. The van der Waals surface area contributed by atoms with Crippen molar-refractivity contribution in [1.82, 2.24) is 4.57 Å². The first kappa shape index (κ1) is 12.7. The van der Waals surface area contributed by atoms with Crippen molar-refractivity contribution in [2.24, 2.45) is 0 Å². The summed E-state index contributed by atoms with van der Waals surface area (Å²) in [5, 5.41) is 11.9. The van der Waals surface area contributed by atoms with E-state index in [1.807, 2.05) is 18.2 Å². The van der Waals surface area contributed by atoms with Crippen LogP contribution >= 0.6 is 0 Å².